The van der Waals surface area contributed by atoms with Gasteiger partial charge in [-0.05, 0) is 76.9 Å². The molecule has 0 spiro atoms. The number of methoxy groups -OCH3 is 1. The number of amides is 1. The molecule has 0 atom stereocenters. The molecule has 11 heteroatoms. The van der Waals surface area contributed by atoms with E-state index in [1.165, 1.54) is 31.4 Å². The van der Waals surface area contributed by atoms with Crippen LogP contribution in [-0.2, 0) is 21.8 Å². The number of halogens is 1. The Morgan fingerprint density at radius 3 is 2.41 bits per heavy atom. The van der Waals surface area contributed by atoms with Crippen molar-refractivity contribution in [3.05, 3.63) is 74.5 Å². The van der Waals surface area contributed by atoms with Crippen molar-refractivity contribution in [1.82, 2.24) is 4.57 Å². The Morgan fingerprint density at radius 2 is 1.74 bits per heavy atom. The number of sulfonamides is 1. The second-order valence-electron chi connectivity index (χ2n) is 7.49. The summed E-state index contributed by atoms with van der Waals surface area (Å²) in [6.45, 7) is 1.59. The number of hydrogen-bond donors (Lipinski definition) is 2. The summed E-state index contributed by atoms with van der Waals surface area (Å²) in [5, 5.41) is 3.83. The first-order valence-corrected chi connectivity index (χ1v) is 13.1. The average Bonchev–Trinajstić information content (AvgIpc) is 3.32. The summed E-state index contributed by atoms with van der Waals surface area (Å²) in [5.74, 6) is -0.921. The number of hydrogen-bond acceptors (Lipinski definition) is 6. The molecule has 2 aromatic carbocycles. The first-order valence-electron chi connectivity index (χ1n) is 9.97. The molecule has 1 amide bonds. The van der Waals surface area contributed by atoms with Gasteiger partial charge in [0.15, 0.2) is 0 Å². The Labute approximate surface area is 208 Å². The lowest BCUT2D eigenvalue weighted by atomic mass is 10.2. The van der Waals surface area contributed by atoms with Gasteiger partial charge in [-0.3, -0.25) is 9.52 Å². The molecule has 34 heavy (non-hydrogen) atoms. The van der Waals surface area contributed by atoms with Crippen LogP contribution in [0.4, 0.5) is 11.4 Å². The number of carbonyl (C=O) groups is 2. The van der Waals surface area contributed by atoms with E-state index >= 15 is 0 Å². The second kappa shape index (κ2) is 9.24. The number of rotatable bonds is 6. The van der Waals surface area contributed by atoms with Crippen molar-refractivity contribution < 1.29 is 22.7 Å². The van der Waals surface area contributed by atoms with Crippen LogP contribution >= 0.6 is 27.3 Å². The lowest BCUT2D eigenvalue weighted by molar-refractivity contribution is 0.0600. The molecule has 0 saturated heterocycles. The van der Waals surface area contributed by atoms with Gasteiger partial charge in [0.2, 0.25) is 0 Å². The lowest BCUT2D eigenvalue weighted by Crippen LogP contribution is -2.15. The summed E-state index contributed by atoms with van der Waals surface area (Å²) in [6, 6.07) is 13.4. The van der Waals surface area contributed by atoms with Crippen LogP contribution in [0.3, 0.4) is 0 Å². The van der Waals surface area contributed by atoms with E-state index in [0.29, 0.717) is 20.6 Å². The molecule has 0 aliphatic heterocycles. The Hall–Kier alpha value is -3.15. The third kappa shape index (κ3) is 4.59. The van der Waals surface area contributed by atoms with E-state index in [2.05, 4.69) is 30.7 Å². The normalized spacial score (nSPS) is 11.4. The first-order chi connectivity index (χ1) is 16.1. The van der Waals surface area contributed by atoms with Gasteiger partial charge in [-0.2, -0.15) is 0 Å². The van der Waals surface area contributed by atoms with E-state index in [1.54, 1.807) is 13.0 Å². The molecule has 2 aromatic heterocycles. The molecule has 2 N–H and O–H groups in total. The number of fused-ring (bicyclic) bond motifs is 1. The second-order valence-corrected chi connectivity index (χ2v) is 11.4. The molecule has 176 valence electrons. The molecular formula is C23H20BrN3O5S2. The third-order valence-corrected chi connectivity index (χ3v) is 9.13. The molecule has 0 fully saturated rings. The summed E-state index contributed by atoms with van der Waals surface area (Å²) in [4.78, 5) is 24.8. The fraction of sp³-hybridized carbons (Fsp3) is 0.130. The van der Waals surface area contributed by atoms with Gasteiger partial charge < -0.3 is 14.6 Å². The summed E-state index contributed by atoms with van der Waals surface area (Å²) < 4.78 is 35.6. The number of carbonyl (C=O) groups excluding carboxylic acids is 2. The number of nitrogens with zero attached hydrogens (tertiary/aromatic N) is 1. The first kappa shape index (κ1) is 24.0. The zero-order valence-electron chi connectivity index (χ0n) is 18.4. The van der Waals surface area contributed by atoms with Crippen molar-refractivity contribution in [2.45, 2.75) is 11.8 Å². The van der Waals surface area contributed by atoms with E-state index in [-0.39, 0.29) is 15.5 Å². The minimum absolute atomic E-state index is 0.0156. The van der Waals surface area contributed by atoms with E-state index < -0.39 is 21.9 Å². The Kier molecular flexibility index (Phi) is 6.52. The van der Waals surface area contributed by atoms with Gasteiger partial charge in [0.05, 0.1) is 21.3 Å². The van der Waals surface area contributed by atoms with E-state index in [4.69, 9.17) is 0 Å². The summed E-state index contributed by atoms with van der Waals surface area (Å²) in [5.41, 5.74) is 2.54. The van der Waals surface area contributed by atoms with Gasteiger partial charge in [-0.25, -0.2) is 13.2 Å². The molecule has 0 saturated carbocycles. The van der Waals surface area contributed by atoms with E-state index in [9.17, 15) is 18.0 Å². The SMILES string of the molecule is COC(=O)c1ccc(NS(=O)(=O)c2c(Br)sc(C(=O)Nc3ccc4c(ccn4C)c3)c2C)cc1. The maximum atomic E-state index is 13.1. The van der Waals surface area contributed by atoms with Crippen LogP contribution in [0.15, 0.2) is 63.4 Å². The number of anilines is 2. The predicted molar refractivity (Wildman–Crippen MR) is 136 cm³/mol. The minimum atomic E-state index is -4.01. The zero-order valence-corrected chi connectivity index (χ0v) is 21.6. The summed E-state index contributed by atoms with van der Waals surface area (Å²) in [6.07, 6.45) is 1.93. The van der Waals surface area contributed by atoms with Crippen LogP contribution in [0.2, 0.25) is 0 Å². The number of aromatic nitrogens is 1. The van der Waals surface area contributed by atoms with Gasteiger partial charge in [0.1, 0.15) is 4.90 Å². The number of nitrogens with one attached hydrogen (secondary N) is 2. The molecule has 8 nitrogen and oxygen atoms in total. The number of ether oxygens (including phenoxy) is 1. The quantitative estimate of drug-likeness (QED) is 0.316. The van der Waals surface area contributed by atoms with Gasteiger partial charge in [0.25, 0.3) is 15.9 Å². The Balaban J connectivity index is 1.57. The van der Waals surface area contributed by atoms with Crippen molar-refractivity contribution in [2.24, 2.45) is 7.05 Å². The highest BCUT2D eigenvalue weighted by Gasteiger charge is 2.28. The molecule has 0 radical (unpaired) electrons. The topological polar surface area (TPSA) is 106 Å². The zero-order chi connectivity index (χ0) is 24.6. The van der Waals surface area contributed by atoms with Crippen LogP contribution in [0.1, 0.15) is 25.6 Å². The van der Waals surface area contributed by atoms with Gasteiger partial charge >= 0.3 is 5.97 Å². The van der Waals surface area contributed by atoms with Gasteiger partial charge in [-0.15, -0.1) is 11.3 Å². The highest BCUT2D eigenvalue weighted by Crippen LogP contribution is 2.37. The van der Waals surface area contributed by atoms with Crippen LogP contribution in [-0.4, -0.2) is 32.0 Å². The largest absolute Gasteiger partial charge is 0.465 e. The highest BCUT2D eigenvalue weighted by atomic mass is 79.9. The number of benzene rings is 2. The number of thiophene rings is 1. The predicted octanol–water partition coefficient (Wildman–Crippen LogP) is 5.15. The average molecular weight is 562 g/mol. The van der Waals surface area contributed by atoms with Gasteiger partial charge in [-0.1, -0.05) is 0 Å². The maximum Gasteiger partial charge on any atom is 0.337 e. The lowest BCUT2D eigenvalue weighted by Gasteiger charge is -2.10. The van der Waals surface area contributed by atoms with Crippen LogP contribution in [0.25, 0.3) is 10.9 Å². The van der Waals surface area contributed by atoms with Crippen LogP contribution in [0.5, 0.6) is 0 Å². The minimum Gasteiger partial charge on any atom is -0.465 e. The Bertz CT molecular complexity index is 1520. The molecule has 0 aliphatic rings. The van der Waals surface area contributed by atoms with E-state index in [0.717, 1.165) is 22.2 Å². The maximum absolute atomic E-state index is 13.1. The summed E-state index contributed by atoms with van der Waals surface area (Å²) in [7, 11) is -0.802. The van der Waals surface area contributed by atoms with Crippen molar-refractivity contribution in [2.75, 3.05) is 17.1 Å². The molecule has 4 aromatic rings. The molecule has 0 unspecified atom stereocenters. The van der Waals surface area contributed by atoms with Crippen molar-refractivity contribution in [1.29, 1.82) is 0 Å². The molecule has 4 rings (SSSR count). The van der Waals surface area contributed by atoms with Crippen LogP contribution < -0.4 is 10.0 Å². The fourth-order valence-corrected chi connectivity index (χ4v) is 7.56. The highest BCUT2D eigenvalue weighted by molar-refractivity contribution is 9.11. The Morgan fingerprint density at radius 1 is 1.06 bits per heavy atom. The molecule has 2 heterocycles. The standard InChI is InChI=1S/C23H20BrN3O5S2/c1-13-19(22(28)25-17-8-9-18-15(12-17)10-11-27(18)2)33-21(24)20(13)34(30,31)26-16-6-4-14(5-7-16)23(29)32-3/h4-12,26H,1-3H3,(H,25,28). The van der Waals surface area contributed by atoms with Gasteiger partial charge in [0, 0.05) is 35.5 Å². The third-order valence-electron chi connectivity index (χ3n) is 5.23. The monoisotopic (exact) mass is 561 g/mol. The van der Waals surface area contributed by atoms with Crippen molar-refractivity contribution >= 4 is 71.4 Å². The molecule has 0 aliphatic carbocycles. The molecular weight excluding hydrogens is 542 g/mol. The van der Waals surface area contributed by atoms with Crippen molar-refractivity contribution in [3.8, 4) is 0 Å². The fourth-order valence-electron chi connectivity index (χ4n) is 3.53. The number of esters is 1. The molecule has 0 bridgehead atoms. The number of aryl methyl sites for hydroxylation is 1. The summed E-state index contributed by atoms with van der Waals surface area (Å²) >= 11 is 4.34. The van der Waals surface area contributed by atoms with Crippen molar-refractivity contribution in [3.63, 3.8) is 0 Å². The van der Waals surface area contributed by atoms with E-state index in [1.807, 2.05) is 36.0 Å². The smallest absolute Gasteiger partial charge is 0.337 e. The van der Waals surface area contributed by atoms with Crippen LogP contribution in [0, 0.1) is 6.92 Å².